The molecule has 0 spiro atoms. The number of hydrogen-bond donors (Lipinski definition) is 1. The third kappa shape index (κ3) is 5.20. The Morgan fingerprint density at radius 2 is 1.88 bits per heavy atom. The minimum Gasteiger partial charge on any atom is -0.381 e. The van der Waals surface area contributed by atoms with Gasteiger partial charge in [0.2, 0.25) is 0 Å². The second-order valence-electron chi connectivity index (χ2n) is 9.52. The summed E-state index contributed by atoms with van der Waals surface area (Å²) in [6, 6.07) is 9.41. The molecule has 4 rings (SSSR count). The number of fused-ring (bicyclic) bond motifs is 1. The Morgan fingerprint density at radius 1 is 1.15 bits per heavy atom. The van der Waals surface area contributed by atoms with Crippen LogP contribution in [0.5, 0.6) is 0 Å². The molecule has 1 saturated carbocycles. The Bertz CT molecular complexity index is 1160. The Hall–Kier alpha value is -2.50. The van der Waals surface area contributed by atoms with Crippen molar-refractivity contribution in [3.63, 3.8) is 0 Å². The highest BCUT2D eigenvalue weighted by atomic mass is 35.5. The molecule has 0 amide bonds. The number of nitrogens with zero attached hydrogens (tertiary/aromatic N) is 2. The van der Waals surface area contributed by atoms with Gasteiger partial charge in [-0.15, -0.1) is 0 Å². The number of halogens is 2. The number of anilines is 1. The number of nitrogens with one attached hydrogen (secondary N) is 1. The van der Waals surface area contributed by atoms with Gasteiger partial charge in [0.1, 0.15) is 5.82 Å². The van der Waals surface area contributed by atoms with Gasteiger partial charge in [-0.05, 0) is 94.9 Å². The minimum absolute atomic E-state index is 0.0250. The zero-order valence-electron chi connectivity index (χ0n) is 19.7. The molecular weight excluding hydrogens is 437 g/mol. The van der Waals surface area contributed by atoms with Gasteiger partial charge in [0, 0.05) is 34.8 Å². The van der Waals surface area contributed by atoms with Crippen LogP contribution in [0.15, 0.2) is 36.5 Å². The number of ketones is 1. The topological polar surface area (TPSA) is 45.2 Å². The van der Waals surface area contributed by atoms with Crippen LogP contribution >= 0.6 is 11.6 Å². The van der Waals surface area contributed by atoms with Gasteiger partial charge in [-0.2, -0.15) is 0 Å². The zero-order valence-corrected chi connectivity index (χ0v) is 20.5. The summed E-state index contributed by atoms with van der Waals surface area (Å²) in [5.41, 5.74) is 4.18. The number of hydrogen-bond acceptors (Lipinski definition) is 4. The van der Waals surface area contributed by atoms with Crippen LogP contribution in [0.2, 0.25) is 5.02 Å². The number of carbonyl (C=O) groups is 1. The van der Waals surface area contributed by atoms with E-state index in [4.69, 9.17) is 11.6 Å². The molecule has 33 heavy (non-hydrogen) atoms. The first kappa shape index (κ1) is 23.7. The minimum atomic E-state index is -0.332. The van der Waals surface area contributed by atoms with Gasteiger partial charge >= 0.3 is 0 Å². The lowest BCUT2D eigenvalue weighted by Gasteiger charge is -2.32. The molecule has 4 nitrogen and oxygen atoms in total. The van der Waals surface area contributed by atoms with E-state index in [1.165, 1.54) is 18.9 Å². The molecule has 0 radical (unpaired) electrons. The normalized spacial score (nSPS) is 18.6. The maximum Gasteiger partial charge on any atom is 0.163 e. The van der Waals surface area contributed by atoms with Gasteiger partial charge in [0.05, 0.1) is 16.8 Å². The molecule has 0 atom stereocenters. The van der Waals surface area contributed by atoms with E-state index in [9.17, 15) is 9.18 Å². The van der Waals surface area contributed by atoms with Crippen LogP contribution in [0.25, 0.3) is 22.0 Å². The molecule has 1 heterocycles. The van der Waals surface area contributed by atoms with E-state index in [1.54, 1.807) is 26.1 Å². The smallest absolute Gasteiger partial charge is 0.163 e. The first-order valence-corrected chi connectivity index (χ1v) is 11.9. The van der Waals surface area contributed by atoms with Crippen molar-refractivity contribution in [3.05, 3.63) is 58.5 Å². The third-order valence-electron chi connectivity index (χ3n) is 6.68. The largest absolute Gasteiger partial charge is 0.381 e. The highest BCUT2D eigenvalue weighted by Crippen LogP contribution is 2.35. The lowest BCUT2D eigenvalue weighted by Crippen LogP contribution is -2.31. The van der Waals surface area contributed by atoms with E-state index >= 15 is 0 Å². The molecule has 1 aliphatic carbocycles. The molecule has 1 fully saturated rings. The molecule has 0 bridgehead atoms. The lowest BCUT2D eigenvalue weighted by molar-refractivity contribution is 0.101. The predicted molar refractivity (Wildman–Crippen MR) is 135 cm³/mol. The summed E-state index contributed by atoms with van der Waals surface area (Å²) in [7, 11) is 4.24. The molecule has 0 aliphatic heterocycles. The maximum atomic E-state index is 14.4. The number of pyridine rings is 1. The molecule has 1 N–H and O–H groups in total. The second-order valence-corrected chi connectivity index (χ2v) is 9.93. The Balaban J connectivity index is 1.71. The summed E-state index contributed by atoms with van der Waals surface area (Å²) in [6.45, 7) is 4.35. The van der Waals surface area contributed by atoms with Crippen LogP contribution in [0.4, 0.5) is 10.1 Å². The number of benzene rings is 2. The molecule has 2 aromatic carbocycles. The molecule has 1 aliphatic rings. The fourth-order valence-electron chi connectivity index (χ4n) is 4.82. The molecule has 6 heteroatoms. The van der Waals surface area contributed by atoms with Crippen molar-refractivity contribution < 1.29 is 9.18 Å². The van der Waals surface area contributed by atoms with Crippen molar-refractivity contribution in [2.75, 3.05) is 26.0 Å². The zero-order chi connectivity index (χ0) is 23.7. The predicted octanol–water partition coefficient (Wildman–Crippen LogP) is 6.74. The standard InChI is InChI=1S/C27H31ClFN3O/c1-16-24(28)12-20(13-25(16)29)19-7-10-26-22(11-19)27(23(14-30-26)17(2)33)31-21-8-5-18(6-9-21)15-32(3)4/h7,10-14,18,21H,5-6,8-9,15H2,1-4H3,(H,30,31)/t18-,21-. The van der Waals surface area contributed by atoms with Crippen LogP contribution < -0.4 is 5.32 Å². The SMILES string of the molecule is CC(=O)c1cnc2ccc(-c3cc(F)c(C)c(Cl)c3)cc2c1N[C@H]1CC[C@H](CN(C)C)CC1. The van der Waals surface area contributed by atoms with E-state index in [-0.39, 0.29) is 11.6 Å². The van der Waals surface area contributed by atoms with E-state index in [1.807, 2.05) is 18.2 Å². The van der Waals surface area contributed by atoms with Crippen LogP contribution in [-0.2, 0) is 0 Å². The third-order valence-corrected chi connectivity index (χ3v) is 7.07. The Labute approximate surface area is 200 Å². The fraction of sp³-hybridized carbons (Fsp3) is 0.407. The van der Waals surface area contributed by atoms with Crippen LogP contribution in [-0.4, -0.2) is 42.3 Å². The quantitative estimate of drug-likeness (QED) is 0.408. The van der Waals surface area contributed by atoms with Crippen molar-refractivity contribution in [2.24, 2.45) is 5.92 Å². The Morgan fingerprint density at radius 3 is 2.52 bits per heavy atom. The van der Waals surface area contributed by atoms with Gasteiger partial charge in [0.15, 0.2) is 5.78 Å². The molecular formula is C27H31ClFN3O. The summed E-state index contributed by atoms with van der Waals surface area (Å²) in [4.78, 5) is 19.2. The van der Waals surface area contributed by atoms with E-state index in [0.29, 0.717) is 33.7 Å². The van der Waals surface area contributed by atoms with Gasteiger partial charge < -0.3 is 10.2 Å². The Kier molecular flexibility index (Phi) is 7.01. The van der Waals surface area contributed by atoms with Crippen molar-refractivity contribution in [1.29, 1.82) is 0 Å². The second kappa shape index (κ2) is 9.78. The van der Waals surface area contributed by atoms with Crippen molar-refractivity contribution in [1.82, 2.24) is 9.88 Å². The van der Waals surface area contributed by atoms with Crippen LogP contribution in [0.1, 0.15) is 48.5 Å². The van der Waals surface area contributed by atoms with Crippen molar-refractivity contribution in [3.8, 4) is 11.1 Å². The fourth-order valence-corrected chi connectivity index (χ4v) is 5.02. The molecule has 0 saturated heterocycles. The summed E-state index contributed by atoms with van der Waals surface area (Å²) in [5, 5.41) is 4.95. The van der Waals surface area contributed by atoms with Crippen LogP contribution in [0, 0.1) is 18.7 Å². The highest BCUT2D eigenvalue weighted by Gasteiger charge is 2.24. The molecule has 0 unspecified atom stereocenters. The molecule has 174 valence electrons. The monoisotopic (exact) mass is 467 g/mol. The summed E-state index contributed by atoms with van der Waals surface area (Å²) >= 11 is 6.24. The number of Topliss-reactive ketones (excluding diaryl/α,β-unsaturated/α-hetero) is 1. The van der Waals surface area contributed by atoms with Crippen molar-refractivity contribution in [2.45, 2.75) is 45.6 Å². The number of aromatic nitrogens is 1. The number of carbonyl (C=O) groups excluding carboxylic acids is 1. The summed E-state index contributed by atoms with van der Waals surface area (Å²) in [6.07, 6.45) is 6.13. The highest BCUT2D eigenvalue weighted by molar-refractivity contribution is 6.31. The summed E-state index contributed by atoms with van der Waals surface area (Å²) < 4.78 is 14.4. The van der Waals surface area contributed by atoms with Crippen LogP contribution in [0.3, 0.4) is 0 Å². The first-order chi connectivity index (χ1) is 15.7. The van der Waals surface area contributed by atoms with Gasteiger partial charge in [-0.1, -0.05) is 17.7 Å². The molecule has 3 aromatic rings. The van der Waals surface area contributed by atoms with E-state index in [2.05, 4.69) is 29.3 Å². The van der Waals surface area contributed by atoms with Crippen molar-refractivity contribution >= 4 is 34.0 Å². The maximum absolute atomic E-state index is 14.4. The van der Waals surface area contributed by atoms with Gasteiger partial charge in [0.25, 0.3) is 0 Å². The molecule has 1 aromatic heterocycles. The first-order valence-electron chi connectivity index (χ1n) is 11.5. The lowest BCUT2D eigenvalue weighted by atomic mass is 9.85. The van der Waals surface area contributed by atoms with Gasteiger partial charge in [-0.3, -0.25) is 9.78 Å². The summed E-state index contributed by atoms with van der Waals surface area (Å²) in [5.74, 6) is 0.358. The average molecular weight is 468 g/mol. The average Bonchev–Trinajstić information content (AvgIpc) is 2.77. The number of rotatable bonds is 6. The van der Waals surface area contributed by atoms with E-state index in [0.717, 1.165) is 41.5 Å². The van der Waals surface area contributed by atoms with Gasteiger partial charge in [-0.25, -0.2) is 4.39 Å². The van der Waals surface area contributed by atoms with E-state index < -0.39 is 0 Å².